The van der Waals surface area contributed by atoms with Gasteiger partial charge in [0, 0.05) is 6.42 Å². The Bertz CT molecular complexity index is 290. The van der Waals surface area contributed by atoms with Crippen molar-refractivity contribution in [3.8, 4) is 0 Å². The van der Waals surface area contributed by atoms with Gasteiger partial charge in [-0.05, 0) is 18.8 Å². The molecule has 3 N–H and O–H groups in total. The van der Waals surface area contributed by atoms with E-state index >= 15 is 0 Å². The Labute approximate surface area is 144 Å². The van der Waals surface area contributed by atoms with Crippen molar-refractivity contribution in [3.63, 3.8) is 0 Å². The fourth-order valence-corrected chi connectivity index (χ4v) is 2.88. The second-order valence-corrected chi connectivity index (χ2v) is 8.42. The van der Waals surface area contributed by atoms with Gasteiger partial charge in [0.25, 0.3) is 0 Å². The van der Waals surface area contributed by atoms with Gasteiger partial charge in [0.2, 0.25) is 0 Å². The van der Waals surface area contributed by atoms with Crippen LogP contribution in [-0.4, -0.2) is 26.7 Å². The van der Waals surface area contributed by atoms with Crippen LogP contribution in [0, 0.1) is 5.41 Å². The molecule has 0 saturated heterocycles. The van der Waals surface area contributed by atoms with Crippen molar-refractivity contribution in [1.29, 1.82) is 0 Å². The van der Waals surface area contributed by atoms with Gasteiger partial charge in [-0.25, -0.2) is 0 Å². The van der Waals surface area contributed by atoms with Crippen LogP contribution in [0.15, 0.2) is 0 Å². The van der Waals surface area contributed by atoms with Crippen molar-refractivity contribution in [2.24, 2.45) is 5.41 Å². The van der Waals surface area contributed by atoms with Crippen LogP contribution in [0.25, 0.3) is 0 Å². The van der Waals surface area contributed by atoms with Gasteiger partial charge in [-0.15, -0.1) is 0 Å². The van der Waals surface area contributed by atoms with Crippen LogP contribution in [0.3, 0.4) is 0 Å². The van der Waals surface area contributed by atoms with Crippen molar-refractivity contribution >= 4 is 0 Å². The fourth-order valence-electron chi connectivity index (χ4n) is 2.88. The van der Waals surface area contributed by atoms with E-state index in [1.807, 2.05) is 20.8 Å². The Kier molecular flexibility index (Phi) is 10.6. The van der Waals surface area contributed by atoms with E-state index in [2.05, 4.69) is 6.92 Å². The summed E-state index contributed by atoms with van der Waals surface area (Å²) in [7, 11) is 0. The standard InChI is InChI=1S/C20H42O3/c1-6-7-8-9-10-11-12-13-14-15-16-17-20(22,23)19(5,21)18(2,3)4/h21-23H,6-17H2,1-5H3. The summed E-state index contributed by atoms with van der Waals surface area (Å²) in [6, 6.07) is 0. The van der Waals surface area contributed by atoms with Gasteiger partial charge in [-0.3, -0.25) is 0 Å². The van der Waals surface area contributed by atoms with Crippen LogP contribution in [0.4, 0.5) is 0 Å². The molecule has 1 unspecified atom stereocenters. The van der Waals surface area contributed by atoms with E-state index in [1.54, 1.807) is 0 Å². The lowest BCUT2D eigenvalue weighted by molar-refractivity contribution is -0.302. The lowest BCUT2D eigenvalue weighted by atomic mass is 9.71. The number of aliphatic hydroxyl groups is 3. The second-order valence-electron chi connectivity index (χ2n) is 8.42. The van der Waals surface area contributed by atoms with Gasteiger partial charge in [-0.1, -0.05) is 91.9 Å². The average molecular weight is 331 g/mol. The molecule has 3 nitrogen and oxygen atoms in total. The quantitative estimate of drug-likeness (QED) is 0.323. The first-order valence-electron chi connectivity index (χ1n) is 9.73. The van der Waals surface area contributed by atoms with Crippen molar-refractivity contribution in [3.05, 3.63) is 0 Å². The maximum Gasteiger partial charge on any atom is 0.192 e. The molecule has 0 aromatic rings. The molecule has 0 rings (SSSR count). The summed E-state index contributed by atoms with van der Waals surface area (Å²) in [6.45, 7) is 9.25. The number of rotatable bonds is 13. The molecular weight excluding hydrogens is 288 g/mol. The Balaban J connectivity index is 3.72. The highest BCUT2D eigenvalue weighted by Crippen LogP contribution is 2.39. The Morgan fingerprint density at radius 2 is 0.913 bits per heavy atom. The number of hydrogen-bond acceptors (Lipinski definition) is 3. The van der Waals surface area contributed by atoms with Crippen LogP contribution in [0.2, 0.25) is 0 Å². The molecule has 23 heavy (non-hydrogen) atoms. The molecular formula is C20H42O3. The Morgan fingerprint density at radius 3 is 1.26 bits per heavy atom. The van der Waals surface area contributed by atoms with E-state index in [4.69, 9.17) is 0 Å². The van der Waals surface area contributed by atoms with E-state index in [0.717, 1.165) is 19.3 Å². The predicted octanol–water partition coefficient (Wildman–Crippen LogP) is 5.17. The van der Waals surface area contributed by atoms with E-state index in [9.17, 15) is 15.3 Å². The van der Waals surface area contributed by atoms with Gasteiger partial charge in [0.05, 0.1) is 0 Å². The average Bonchev–Trinajstić information content (AvgIpc) is 2.43. The van der Waals surface area contributed by atoms with Crippen molar-refractivity contribution in [2.75, 3.05) is 0 Å². The first-order valence-corrected chi connectivity index (χ1v) is 9.73. The minimum absolute atomic E-state index is 0.230. The topological polar surface area (TPSA) is 60.7 Å². The van der Waals surface area contributed by atoms with Gasteiger partial charge in [0.15, 0.2) is 5.79 Å². The molecule has 0 aliphatic rings. The smallest absolute Gasteiger partial charge is 0.192 e. The van der Waals surface area contributed by atoms with Gasteiger partial charge in [-0.2, -0.15) is 0 Å². The Hall–Kier alpha value is -0.120. The third kappa shape index (κ3) is 8.51. The molecule has 0 amide bonds. The van der Waals surface area contributed by atoms with E-state index in [1.165, 1.54) is 58.3 Å². The van der Waals surface area contributed by atoms with Gasteiger partial charge >= 0.3 is 0 Å². The number of unbranched alkanes of at least 4 members (excludes halogenated alkanes) is 10. The monoisotopic (exact) mass is 330 g/mol. The molecule has 0 saturated carbocycles. The molecule has 0 aromatic carbocycles. The second kappa shape index (κ2) is 10.7. The lowest BCUT2D eigenvalue weighted by Gasteiger charge is -2.46. The van der Waals surface area contributed by atoms with Crippen LogP contribution >= 0.6 is 0 Å². The molecule has 0 fully saturated rings. The molecule has 1 atom stereocenters. The molecule has 140 valence electrons. The first kappa shape index (κ1) is 22.9. The summed E-state index contributed by atoms with van der Waals surface area (Å²) < 4.78 is 0. The molecule has 0 heterocycles. The maximum absolute atomic E-state index is 10.4. The van der Waals surface area contributed by atoms with Crippen LogP contribution in [0.5, 0.6) is 0 Å². The minimum atomic E-state index is -2.02. The molecule has 0 bridgehead atoms. The summed E-state index contributed by atoms with van der Waals surface area (Å²) >= 11 is 0. The molecule has 3 heteroatoms. The van der Waals surface area contributed by atoms with E-state index in [-0.39, 0.29) is 6.42 Å². The summed E-state index contributed by atoms with van der Waals surface area (Å²) in [4.78, 5) is 0. The Morgan fingerprint density at radius 1 is 0.565 bits per heavy atom. The van der Waals surface area contributed by atoms with Crippen molar-refractivity contribution < 1.29 is 15.3 Å². The fraction of sp³-hybridized carbons (Fsp3) is 1.00. The zero-order valence-electron chi connectivity index (χ0n) is 16.3. The molecule has 0 spiro atoms. The van der Waals surface area contributed by atoms with Crippen molar-refractivity contribution in [2.45, 2.75) is 123 Å². The molecule has 0 radical (unpaired) electrons. The largest absolute Gasteiger partial charge is 0.384 e. The molecule has 0 aliphatic carbocycles. The highest BCUT2D eigenvalue weighted by Gasteiger charge is 2.51. The SMILES string of the molecule is CCCCCCCCCCCCCC(O)(O)C(C)(O)C(C)(C)C. The van der Waals surface area contributed by atoms with Crippen LogP contribution in [0.1, 0.15) is 112 Å². The summed E-state index contributed by atoms with van der Waals surface area (Å²) in [5.74, 6) is -2.02. The third-order valence-corrected chi connectivity index (χ3v) is 5.37. The molecule has 0 aromatic heterocycles. The summed E-state index contributed by atoms with van der Waals surface area (Å²) in [5, 5.41) is 30.9. The van der Waals surface area contributed by atoms with Gasteiger partial charge in [0.1, 0.15) is 5.60 Å². The predicted molar refractivity (Wildman–Crippen MR) is 98.3 cm³/mol. The third-order valence-electron chi connectivity index (χ3n) is 5.37. The van der Waals surface area contributed by atoms with Gasteiger partial charge < -0.3 is 15.3 Å². The maximum atomic E-state index is 10.4. The summed E-state index contributed by atoms with van der Waals surface area (Å²) in [6.07, 6.45) is 13.7. The normalized spacial score (nSPS) is 15.7. The van der Waals surface area contributed by atoms with Crippen LogP contribution < -0.4 is 0 Å². The molecule has 0 aliphatic heterocycles. The zero-order chi connectivity index (χ0) is 18.0. The number of hydrogen-bond donors (Lipinski definition) is 3. The summed E-state index contributed by atoms with van der Waals surface area (Å²) in [5.41, 5.74) is -2.09. The lowest BCUT2D eigenvalue weighted by Crippen LogP contribution is -2.59. The minimum Gasteiger partial charge on any atom is -0.384 e. The van der Waals surface area contributed by atoms with Crippen molar-refractivity contribution in [1.82, 2.24) is 0 Å². The highest BCUT2D eigenvalue weighted by molar-refractivity contribution is 4.97. The van der Waals surface area contributed by atoms with E-state index in [0.29, 0.717) is 0 Å². The van der Waals surface area contributed by atoms with Crippen LogP contribution in [-0.2, 0) is 0 Å². The zero-order valence-corrected chi connectivity index (χ0v) is 16.3. The first-order chi connectivity index (χ1) is 10.6. The highest BCUT2D eigenvalue weighted by atomic mass is 16.5. The van der Waals surface area contributed by atoms with E-state index < -0.39 is 16.8 Å².